The van der Waals surface area contributed by atoms with Crippen LogP contribution in [0.15, 0.2) is 48.7 Å². The molecule has 0 aliphatic heterocycles. The highest BCUT2D eigenvalue weighted by molar-refractivity contribution is 7.80. The number of thiocarbonyl (C=S) groups is 1. The van der Waals surface area contributed by atoms with Crippen LogP contribution >= 0.6 is 12.2 Å². The summed E-state index contributed by atoms with van der Waals surface area (Å²) < 4.78 is 0. The number of nitrogens with one attached hydrogen (secondary N) is 2. The number of benzene rings is 1. The predicted octanol–water partition coefficient (Wildman–Crippen LogP) is 3.73. The number of aromatic nitrogens is 1. The van der Waals surface area contributed by atoms with Crippen molar-refractivity contribution in [1.82, 2.24) is 10.3 Å². The highest BCUT2D eigenvalue weighted by Gasteiger charge is 2.01. The summed E-state index contributed by atoms with van der Waals surface area (Å²) in [5.41, 5.74) is 3.40. The van der Waals surface area contributed by atoms with E-state index in [2.05, 4.69) is 53.7 Å². The van der Waals surface area contributed by atoms with E-state index >= 15 is 0 Å². The van der Waals surface area contributed by atoms with Gasteiger partial charge in [0.1, 0.15) is 0 Å². The van der Waals surface area contributed by atoms with Crippen LogP contribution in [-0.4, -0.2) is 16.6 Å². The molecule has 0 amide bonds. The van der Waals surface area contributed by atoms with Crippen LogP contribution in [0.4, 0.5) is 5.69 Å². The van der Waals surface area contributed by atoms with Gasteiger partial charge >= 0.3 is 0 Å². The van der Waals surface area contributed by atoms with E-state index in [1.807, 2.05) is 24.4 Å². The summed E-state index contributed by atoms with van der Waals surface area (Å²) in [6, 6.07) is 14.3. The van der Waals surface area contributed by atoms with Gasteiger partial charge < -0.3 is 10.6 Å². The van der Waals surface area contributed by atoms with E-state index in [9.17, 15) is 0 Å². The van der Waals surface area contributed by atoms with E-state index < -0.39 is 0 Å². The van der Waals surface area contributed by atoms with E-state index in [0.717, 1.165) is 24.3 Å². The lowest BCUT2D eigenvalue weighted by Gasteiger charge is -2.11. The van der Waals surface area contributed by atoms with Gasteiger partial charge in [-0.15, -0.1) is 0 Å². The van der Waals surface area contributed by atoms with Crippen LogP contribution < -0.4 is 10.6 Å². The van der Waals surface area contributed by atoms with Crippen molar-refractivity contribution in [3.63, 3.8) is 0 Å². The molecule has 0 aliphatic carbocycles. The first-order valence-electron chi connectivity index (χ1n) is 7.20. The molecule has 110 valence electrons. The quantitative estimate of drug-likeness (QED) is 0.825. The zero-order chi connectivity index (χ0) is 15.1. The molecular weight excluding hydrogens is 278 g/mol. The third-order valence-electron chi connectivity index (χ3n) is 3.23. The lowest BCUT2D eigenvalue weighted by Crippen LogP contribution is -2.30. The Morgan fingerprint density at radius 3 is 2.52 bits per heavy atom. The summed E-state index contributed by atoms with van der Waals surface area (Å²) in [4.78, 5) is 4.28. The van der Waals surface area contributed by atoms with Crippen LogP contribution in [0, 0.1) is 0 Å². The van der Waals surface area contributed by atoms with Crippen molar-refractivity contribution in [3.05, 3.63) is 59.9 Å². The summed E-state index contributed by atoms with van der Waals surface area (Å²) in [6.07, 6.45) is 2.66. The van der Waals surface area contributed by atoms with Gasteiger partial charge in [0.05, 0.1) is 0 Å². The molecular formula is C17H21N3S. The van der Waals surface area contributed by atoms with Gasteiger partial charge in [0.15, 0.2) is 5.11 Å². The number of rotatable bonds is 5. The predicted molar refractivity (Wildman–Crippen MR) is 92.7 cm³/mol. The molecule has 2 aromatic rings. The Morgan fingerprint density at radius 2 is 1.90 bits per heavy atom. The second kappa shape index (κ2) is 7.74. The lowest BCUT2D eigenvalue weighted by atomic mass is 10.0. The second-order valence-electron chi connectivity index (χ2n) is 5.23. The maximum Gasteiger partial charge on any atom is 0.170 e. The molecule has 0 atom stereocenters. The fourth-order valence-electron chi connectivity index (χ4n) is 1.98. The molecule has 0 bridgehead atoms. The molecule has 0 saturated carbocycles. The average Bonchev–Trinajstić information content (AvgIpc) is 2.49. The Morgan fingerprint density at radius 1 is 1.14 bits per heavy atom. The van der Waals surface area contributed by atoms with Crippen LogP contribution in [0.5, 0.6) is 0 Å². The number of hydrogen-bond donors (Lipinski definition) is 2. The van der Waals surface area contributed by atoms with Crippen molar-refractivity contribution >= 4 is 23.0 Å². The minimum atomic E-state index is 0.544. The number of hydrogen-bond acceptors (Lipinski definition) is 2. The van der Waals surface area contributed by atoms with Crippen molar-refractivity contribution in [2.75, 3.05) is 11.9 Å². The molecule has 0 unspecified atom stereocenters. The first-order chi connectivity index (χ1) is 10.1. The topological polar surface area (TPSA) is 37.0 Å². The lowest BCUT2D eigenvalue weighted by molar-refractivity contribution is 0.847. The van der Waals surface area contributed by atoms with Crippen LogP contribution in [0.1, 0.15) is 31.0 Å². The van der Waals surface area contributed by atoms with Crippen molar-refractivity contribution in [2.45, 2.75) is 26.2 Å². The molecule has 2 N–H and O–H groups in total. The van der Waals surface area contributed by atoms with Gasteiger partial charge in [-0.25, -0.2) is 0 Å². The monoisotopic (exact) mass is 299 g/mol. The summed E-state index contributed by atoms with van der Waals surface area (Å²) in [5, 5.41) is 7.03. The first kappa shape index (κ1) is 15.4. The van der Waals surface area contributed by atoms with Crippen molar-refractivity contribution in [2.24, 2.45) is 0 Å². The standard InChI is InChI=1S/C17H21N3S/c1-13(2)14-6-8-16(9-7-14)20-17(21)19-12-10-15-5-3-4-11-18-15/h3-9,11,13H,10,12H2,1-2H3,(H2,19,20,21). The third kappa shape index (κ3) is 5.16. The highest BCUT2D eigenvalue weighted by Crippen LogP contribution is 2.16. The Labute approximate surface area is 131 Å². The zero-order valence-electron chi connectivity index (χ0n) is 12.5. The molecule has 0 aliphatic rings. The summed E-state index contributed by atoms with van der Waals surface area (Å²) in [6.45, 7) is 5.14. The van der Waals surface area contributed by atoms with Gasteiger partial charge in [0.2, 0.25) is 0 Å². The van der Waals surface area contributed by atoms with Crippen LogP contribution in [0.2, 0.25) is 0 Å². The van der Waals surface area contributed by atoms with Gasteiger partial charge in [-0.1, -0.05) is 32.0 Å². The molecule has 4 heteroatoms. The fraction of sp³-hybridized carbons (Fsp3) is 0.294. The summed E-state index contributed by atoms with van der Waals surface area (Å²) >= 11 is 5.29. The summed E-state index contributed by atoms with van der Waals surface area (Å²) in [7, 11) is 0. The molecule has 1 aromatic carbocycles. The Kier molecular flexibility index (Phi) is 5.69. The second-order valence-corrected chi connectivity index (χ2v) is 5.64. The molecule has 3 nitrogen and oxygen atoms in total. The molecule has 2 rings (SSSR count). The zero-order valence-corrected chi connectivity index (χ0v) is 13.3. The van der Waals surface area contributed by atoms with Crippen molar-refractivity contribution < 1.29 is 0 Å². The number of anilines is 1. The third-order valence-corrected chi connectivity index (χ3v) is 3.47. The minimum Gasteiger partial charge on any atom is -0.362 e. The van der Waals surface area contributed by atoms with Crippen LogP contribution in [-0.2, 0) is 6.42 Å². The summed E-state index contributed by atoms with van der Waals surface area (Å²) in [5.74, 6) is 0.544. The van der Waals surface area contributed by atoms with E-state index in [1.165, 1.54) is 5.56 Å². The molecule has 1 heterocycles. The molecule has 21 heavy (non-hydrogen) atoms. The van der Waals surface area contributed by atoms with Gasteiger partial charge in [-0.05, 0) is 48.0 Å². The van der Waals surface area contributed by atoms with Gasteiger partial charge in [0, 0.05) is 30.5 Å². The van der Waals surface area contributed by atoms with Gasteiger partial charge in [-0.2, -0.15) is 0 Å². The van der Waals surface area contributed by atoms with E-state index in [1.54, 1.807) is 0 Å². The molecule has 0 spiro atoms. The van der Waals surface area contributed by atoms with Gasteiger partial charge in [0.25, 0.3) is 0 Å². The van der Waals surface area contributed by atoms with Crippen LogP contribution in [0.25, 0.3) is 0 Å². The maximum absolute atomic E-state index is 5.29. The number of nitrogens with zero attached hydrogens (tertiary/aromatic N) is 1. The number of pyridine rings is 1. The minimum absolute atomic E-state index is 0.544. The van der Waals surface area contributed by atoms with E-state index in [4.69, 9.17) is 12.2 Å². The Bertz CT molecular complexity index is 564. The molecule has 0 fully saturated rings. The fourth-order valence-corrected chi connectivity index (χ4v) is 2.20. The van der Waals surface area contributed by atoms with Crippen molar-refractivity contribution in [1.29, 1.82) is 0 Å². The maximum atomic E-state index is 5.29. The molecule has 1 aromatic heterocycles. The Hall–Kier alpha value is -1.94. The van der Waals surface area contributed by atoms with E-state index in [-0.39, 0.29) is 0 Å². The largest absolute Gasteiger partial charge is 0.362 e. The SMILES string of the molecule is CC(C)c1ccc(NC(=S)NCCc2ccccn2)cc1. The normalized spacial score (nSPS) is 10.4. The van der Waals surface area contributed by atoms with Gasteiger partial charge in [-0.3, -0.25) is 4.98 Å². The van der Waals surface area contributed by atoms with Crippen LogP contribution in [0.3, 0.4) is 0 Å². The molecule has 0 saturated heterocycles. The van der Waals surface area contributed by atoms with E-state index in [0.29, 0.717) is 11.0 Å². The average molecular weight is 299 g/mol. The smallest absolute Gasteiger partial charge is 0.170 e. The van der Waals surface area contributed by atoms with Crippen molar-refractivity contribution in [3.8, 4) is 0 Å². The Balaban J connectivity index is 1.76. The highest BCUT2D eigenvalue weighted by atomic mass is 32.1. The molecule has 0 radical (unpaired) electrons. The first-order valence-corrected chi connectivity index (χ1v) is 7.60.